The summed E-state index contributed by atoms with van der Waals surface area (Å²) in [4.78, 5) is 9.93. The van der Waals surface area contributed by atoms with Gasteiger partial charge in [-0.15, -0.1) is 0 Å². The van der Waals surface area contributed by atoms with Gasteiger partial charge in [0.05, 0.1) is 15.5 Å². The number of aliphatic hydroxyl groups excluding tert-OH is 1. The maximum atomic E-state index is 13.0. The molecule has 0 aromatic heterocycles. The molecule has 0 aliphatic rings. The lowest BCUT2D eigenvalue weighted by atomic mass is 10.3. The number of nitro benzene ring substituents is 1. The largest absolute Gasteiger partial charge is 0.483 e. The first-order valence-electron chi connectivity index (χ1n) is 4.60. The molecular weight excluding hydrogens is 299 g/mol. The summed E-state index contributed by atoms with van der Waals surface area (Å²) < 4.78 is 18.1. The van der Waals surface area contributed by atoms with Crippen LogP contribution in [0.4, 0.5) is 10.1 Å². The molecule has 0 radical (unpaired) electrons. The summed E-state index contributed by atoms with van der Waals surface area (Å²) in [7, 11) is 0. The third-order valence-electron chi connectivity index (χ3n) is 1.88. The van der Waals surface area contributed by atoms with E-state index in [-0.39, 0.29) is 23.4 Å². The van der Waals surface area contributed by atoms with Gasteiger partial charge in [0.15, 0.2) is 0 Å². The van der Waals surface area contributed by atoms with Crippen molar-refractivity contribution >= 4 is 21.6 Å². The topological polar surface area (TPSA) is 98.6 Å². The minimum atomic E-state index is -0.938. The molecule has 1 aromatic carbocycles. The van der Waals surface area contributed by atoms with Crippen LogP contribution in [0, 0.1) is 15.9 Å². The van der Waals surface area contributed by atoms with Crippen LogP contribution in [0.5, 0.6) is 5.75 Å². The van der Waals surface area contributed by atoms with E-state index in [0.717, 1.165) is 12.1 Å². The molecule has 1 rings (SSSR count). The smallest absolute Gasteiger partial charge is 0.315 e. The second-order valence-electron chi connectivity index (χ2n) is 3.19. The highest BCUT2D eigenvalue weighted by atomic mass is 79.9. The number of halogens is 2. The Morgan fingerprint density at radius 3 is 2.82 bits per heavy atom. The quantitative estimate of drug-likeness (QED) is 0.629. The van der Waals surface area contributed by atoms with Crippen LogP contribution in [-0.4, -0.2) is 29.3 Å². The van der Waals surface area contributed by atoms with Gasteiger partial charge >= 0.3 is 5.69 Å². The van der Waals surface area contributed by atoms with Gasteiger partial charge in [-0.2, -0.15) is 0 Å². The first kappa shape index (κ1) is 13.8. The second-order valence-corrected chi connectivity index (χ2v) is 4.05. The van der Waals surface area contributed by atoms with Crippen molar-refractivity contribution < 1.29 is 19.2 Å². The Morgan fingerprint density at radius 2 is 2.29 bits per heavy atom. The molecular formula is C9H10BrFN2O4. The molecule has 0 saturated heterocycles. The van der Waals surface area contributed by atoms with Gasteiger partial charge < -0.3 is 15.6 Å². The summed E-state index contributed by atoms with van der Waals surface area (Å²) in [5, 5.41) is 19.9. The monoisotopic (exact) mass is 308 g/mol. The van der Waals surface area contributed by atoms with E-state index >= 15 is 0 Å². The molecule has 0 unspecified atom stereocenters. The maximum Gasteiger partial charge on any atom is 0.315 e. The minimum Gasteiger partial charge on any atom is -0.483 e. The van der Waals surface area contributed by atoms with Gasteiger partial charge in [-0.05, 0) is 22.0 Å². The van der Waals surface area contributed by atoms with E-state index in [0.29, 0.717) is 0 Å². The Labute approximate surface area is 104 Å². The molecule has 1 atom stereocenters. The van der Waals surface area contributed by atoms with Gasteiger partial charge in [0.2, 0.25) is 5.75 Å². The zero-order chi connectivity index (χ0) is 13.0. The van der Waals surface area contributed by atoms with Crippen molar-refractivity contribution in [1.82, 2.24) is 0 Å². The summed E-state index contributed by atoms with van der Waals surface area (Å²) in [6.07, 6.45) is -0.938. The molecule has 1 aromatic rings. The molecule has 94 valence electrons. The molecule has 0 aliphatic carbocycles. The van der Waals surface area contributed by atoms with Gasteiger partial charge in [0, 0.05) is 6.54 Å². The standard InChI is InChI=1S/C9H10BrFN2O4/c10-7-1-5(11)2-8(13(15)16)9(7)17-4-6(14)3-12/h1-2,6,14H,3-4,12H2/t6-/m1/s1. The van der Waals surface area contributed by atoms with Crippen LogP contribution < -0.4 is 10.5 Å². The number of aliphatic hydroxyl groups is 1. The highest BCUT2D eigenvalue weighted by Crippen LogP contribution is 2.35. The van der Waals surface area contributed by atoms with Crippen molar-refractivity contribution in [3.05, 3.63) is 32.5 Å². The van der Waals surface area contributed by atoms with Crippen molar-refractivity contribution in [3.8, 4) is 5.75 Å². The van der Waals surface area contributed by atoms with Gasteiger partial charge in [-0.1, -0.05) is 0 Å². The first-order valence-corrected chi connectivity index (χ1v) is 5.39. The Kier molecular flexibility index (Phi) is 4.79. The fourth-order valence-corrected chi connectivity index (χ4v) is 1.61. The average Bonchev–Trinajstić information content (AvgIpc) is 2.26. The molecule has 0 heterocycles. The van der Waals surface area contributed by atoms with E-state index in [9.17, 15) is 19.6 Å². The van der Waals surface area contributed by atoms with E-state index in [2.05, 4.69) is 15.9 Å². The number of benzene rings is 1. The van der Waals surface area contributed by atoms with Gasteiger partial charge in [0.25, 0.3) is 0 Å². The highest BCUT2D eigenvalue weighted by Gasteiger charge is 2.21. The lowest BCUT2D eigenvalue weighted by Crippen LogP contribution is -2.26. The molecule has 0 spiro atoms. The van der Waals surface area contributed by atoms with E-state index in [1.165, 1.54) is 0 Å². The minimum absolute atomic E-state index is 0.0351. The molecule has 0 bridgehead atoms. The van der Waals surface area contributed by atoms with Crippen molar-refractivity contribution in [2.75, 3.05) is 13.2 Å². The van der Waals surface area contributed by atoms with E-state index < -0.39 is 22.5 Å². The number of rotatable bonds is 5. The predicted octanol–water partition coefficient (Wildman–Crippen LogP) is 1.19. The molecule has 3 N–H and O–H groups in total. The molecule has 8 heteroatoms. The highest BCUT2D eigenvalue weighted by molar-refractivity contribution is 9.10. The number of nitrogens with two attached hydrogens (primary N) is 1. The summed E-state index contributed by atoms with van der Waals surface area (Å²) in [5.41, 5.74) is 4.65. The van der Waals surface area contributed by atoms with Crippen LogP contribution in [0.3, 0.4) is 0 Å². The molecule has 0 saturated carbocycles. The maximum absolute atomic E-state index is 13.0. The van der Waals surface area contributed by atoms with E-state index in [4.69, 9.17) is 10.5 Å². The Balaban J connectivity index is 3.00. The normalized spacial score (nSPS) is 12.2. The Bertz CT molecular complexity index is 430. The third kappa shape index (κ3) is 3.62. The van der Waals surface area contributed by atoms with Crippen LogP contribution in [-0.2, 0) is 0 Å². The van der Waals surface area contributed by atoms with Gasteiger partial charge in [-0.3, -0.25) is 10.1 Å². The summed E-state index contributed by atoms with van der Waals surface area (Å²) in [6, 6.07) is 1.78. The van der Waals surface area contributed by atoms with E-state index in [1.54, 1.807) is 0 Å². The molecule has 0 fully saturated rings. The van der Waals surface area contributed by atoms with Crippen molar-refractivity contribution in [3.63, 3.8) is 0 Å². The lowest BCUT2D eigenvalue weighted by Gasteiger charge is -2.11. The predicted molar refractivity (Wildman–Crippen MR) is 61.3 cm³/mol. The van der Waals surface area contributed by atoms with Crippen molar-refractivity contribution in [2.45, 2.75) is 6.10 Å². The second kappa shape index (κ2) is 5.89. The Morgan fingerprint density at radius 1 is 1.65 bits per heavy atom. The summed E-state index contributed by atoms with van der Waals surface area (Å²) >= 11 is 2.96. The van der Waals surface area contributed by atoms with Crippen LogP contribution in [0.25, 0.3) is 0 Å². The van der Waals surface area contributed by atoms with Gasteiger partial charge in [0.1, 0.15) is 18.5 Å². The molecule has 0 aliphatic heterocycles. The SMILES string of the molecule is NC[C@@H](O)COc1c(Br)cc(F)cc1[N+](=O)[O-]. The number of hydrogen-bond acceptors (Lipinski definition) is 5. The Hall–Kier alpha value is -1.25. The van der Waals surface area contributed by atoms with Crippen LogP contribution in [0.1, 0.15) is 0 Å². The zero-order valence-electron chi connectivity index (χ0n) is 8.60. The zero-order valence-corrected chi connectivity index (χ0v) is 10.2. The molecule has 17 heavy (non-hydrogen) atoms. The number of nitrogens with zero attached hydrogens (tertiary/aromatic N) is 1. The van der Waals surface area contributed by atoms with Crippen molar-refractivity contribution in [2.24, 2.45) is 5.73 Å². The lowest BCUT2D eigenvalue weighted by molar-refractivity contribution is -0.386. The summed E-state index contributed by atoms with van der Waals surface area (Å²) in [6.45, 7) is -0.242. The van der Waals surface area contributed by atoms with Crippen LogP contribution >= 0.6 is 15.9 Å². The van der Waals surface area contributed by atoms with Crippen molar-refractivity contribution in [1.29, 1.82) is 0 Å². The fourth-order valence-electron chi connectivity index (χ4n) is 1.07. The number of hydrogen-bond donors (Lipinski definition) is 2. The number of nitro groups is 1. The third-order valence-corrected chi connectivity index (χ3v) is 2.47. The number of ether oxygens (including phenoxy) is 1. The first-order chi connectivity index (χ1) is 7.95. The average molecular weight is 309 g/mol. The molecule has 0 amide bonds. The van der Waals surface area contributed by atoms with E-state index in [1.807, 2.05) is 0 Å². The van der Waals surface area contributed by atoms with Crippen LogP contribution in [0.15, 0.2) is 16.6 Å². The van der Waals surface area contributed by atoms with Crippen LogP contribution in [0.2, 0.25) is 0 Å². The summed E-state index contributed by atoms with van der Waals surface area (Å²) in [5.74, 6) is -0.890. The molecule has 6 nitrogen and oxygen atoms in total. The fraction of sp³-hybridized carbons (Fsp3) is 0.333. The van der Waals surface area contributed by atoms with Gasteiger partial charge in [-0.25, -0.2) is 4.39 Å².